The average Bonchev–Trinajstić information content (AvgIpc) is 2.72. The third-order valence-corrected chi connectivity index (χ3v) is 4.03. The molecule has 160 valence electrons. The first kappa shape index (κ1) is 21.7. The van der Waals surface area contributed by atoms with Crippen LogP contribution >= 0.6 is 0 Å². The van der Waals surface area contributed by atoms with Crippen molar-refractivity contribution in [2.45, 2.75) is 12.4 Å². The first-order valence-corrected chi connectivity index (χ1v) is 8.60. The van der Waals surface area contributed by atoms with Crippen LogP contribution in [0.25, 0.3) is 0 Å². The van der Waals surface area contributed by atoms with Gasteiger partial charge < -0.3 is 15.2 Å². The van der Waals surface area contributed by atoms with E-state index >= 15 is 0 Å². The molecule has 0 aliphatic rings. The van der Waals surface area contributed by atoms with Crippen molar-refractivity contribution in [2.24, 2.45) is 0 Å². The molecule has 2 N–H and O–H groups in total. The lowest BCUT2D eigenvalue weighted by Crippen LogP contribution is -2.31. The summed E-state index contributed by atoms with van der Waals surface area (Å²) in [6.45, 7) is 0. The Morgan fingerprint density at radius 2 is 1.74 bits per heavy atom. The SMILES string of the molecule is O=C(O)c1ccc(C(=O)N[C@@H](c2ccc(OC(F)(F)F)cc2)c2ncccc2F)nc1. The number of carbonyl (C=O) groups is 2. The highest BCUT2D eigenvalue weighted by Gasteiger charge is 2.31. The van der Waals surface area contributed by atoms with E-state index in [4.69, 9.17) is 5.11 Å². The summed E-state index contributed by atoms with van der Waals surface area (Å²) in [5.74, 6) is -3.25. The van der Waals surface area contributed by atoms with E-state index in [1.165, 1.54) is 36.5 Å². The minimum atomic E-state index is -4.88. The number of aromatic carboxylic acids is 1. The van der Waals surface area contributed by atoms with E-state index in [1.54, 1.807) is 0 Å². The zero-order valence-electron chi connectivity index (χ0n) is 15.4. The van der Waals surface area contributed by atoms with Crippen molar-refractivity contribution < 1.29 is 37.0 Å². The number of nitrogens with zero attached hydrogens (tertiary/aromatic N) is 2. The lowest BCUT2D eigenvalue weighted by atomic mass is 10.0. The van der Waals surface area contributed by atoms with Gasteiger partial charge in [-0.25, -0.2) is 9.18 Å². The molecule has 0 fully saturated rings. The molecule has 3 aromatic rings. The van der Waals surface area contributed by atoms with Gasteiger partial charge in [0, 0.05) is 12.4 Å². The van der Waals surface area contributed by atoms with E-state index in [-0.39, 0.29) is 22.5 Å². The third-order valence-electron chi connectivity index (χ3n) is 4.03. The van der Waals surface area contributed by atoms with Gasteiger partial charge in [0.25, 0.3) is 5.91 Å². The first-order valence-electron chi connectivity index (χ1n) is 8.60. The van der Waals surface area contributed by atoms with Crippen LogP contribution in [0.5, 0.6) is 5.75 Å². The zero-order chi connectivity index (χ0) is 22.6. The fraction of sp³-hybridized carbons (Fsp3) is 0.100. The van der Waals surface area contributed by atoms with E-state index in [0.717, 1.165) is 24.4 Å². The van der Waals surface area contributed by atoms with Crippen LogP contribution in [0.4, 0.5) is 17.6 Å². The summed E-state index contributed by atoms with van der Waals surface area (Å²) in [6.07, 6.45) is -2.61. The van der Waals surface area contributed by atoms with Crippen molar-refractivity contribution in [3.05, 3.63) is 89.3 Å². The molecule has 0 spiro atoms. The monoisotopic (exact) mass is 435 g/mol. The number of rotatable bonds is 6. The molecule has 0 saturated carbocycles. The van der Waals surface area contributed by atoms with Crippen LogP contribution in [0, 0.1) is 5.82 Å². The molecule has 1 amide bonds. The highest BCUT2D eigenvalue weighted by molar-refractivity contribution is 5.94. The van der Waals surface area contributed by atoms with Crippen molar-refractivity contribution in [1.29, 1.82) is 0 Å². The maximum absolute atomic E-state index is 14.4. The number of halogens is 4. The van der Waals surface area contributed by atoms with Crippen molar-refractivity contribution in [2.75, 3.05) is 0 Å². The molecule has 11 heteroatoms. The lowest BCUT2D eigenvalue weighted by molar-refractivity contribution is -0.274. The van der Waals surface area contributed by atoms with Gasteiger partial charge in [0.05, 0.1) is 11.6 Å². The Labute approximate surface area is 172 Å². The molecule has 0 saturated heterocycles. The predicted octanol–water partition coefficient (Wildman–Crippen LogP) is 3.73. The van der Waals surface area contributed by atoms with E-state index < -0.39 is 35.8 Å². The number of nitrogens with one attached hydrogen (secondary N) is 1. The molecular formula is C20H13F4N3O4. The molecule has 0 aliphatic carbocycles. The zero-order valence-corrected chi connectivity index (χ0v) is 15.4. The Hall–Kier alpha value is -4.02. The molecule has 2 heterocycles. The summed E-state index contributed by atoms with van der Waals surface area (Å²) in [7, 11) is 0. The topological polar surface area (TPSA) is 101 Å². The molecule has 1 atom stereocenters. The van der Waals surface area contributed by atoms with E-state index in [0.29, 0.717) is 0 Å². The van der Waals surface area contributed by atoms with Crippen LogP contribution < -0.4 is 10.1 Å². The third kappa shape index (κ3) is 5.53. The van der Waals surface area contributed by atoms with Crippen LogP contribution in [0.1, 0.15) is 38.1 Å². The van der Waals surface area contributed by atoms with Crippen molar-refractivity contribution in [3.63, 3.8) is 0 Å². The number of carboxylic acids is 1. The van der Waals surface area contributed by atoms with Gasteiger partial charge in [-0.3, -0.25) is 14.8 Å². The molecule has 0 bridgehead atoms. The summed E-state index contributed by atoms with van der Waals surface area (Å²) in [6, 6.07) is 8.10. The molecule has 31 heavy (non-hydrogen) atoms. The first-order chi connectivity index (χ1) is 14.6. The lowest BCUT2D eigenvalue weighted by Gasteiger charge is -2.20. The Balaban J connectivity index is 1.91. The maximum Gasteiger partial charge on any atom is 0.573 e. The molecule has 1 aromatic carbocycles. The number of carbonyl (C=O) groups excluding carboxylic acids is 1. The second-order valence-corrected chi connectivity index (χ2v) is 6.13. The molecular weight excluding hydrogens is 422 g/mol. The van der Waals surface area contributed by atoms with Crippen LogP contribution in [0.3, 0.4) is 0 Å². The quantitative estimate of drug-likeness (QED) is 0.573. The van der Waals surface area contributed by atoms with Gasteiger partial charge in [-0.05, 0) is 42.0 Å². The fourth-order valence-electron chi connectivity index (χ4n) is 2.64. The van der Waals surface area contributed by atoms with Gasteiger partial charge in [0.2, 0.25) is 0 Å². The highest BCUT2D eigenvalue weighted by atomic mass is 19.4. The summed E-state index contributed by atoms with van der Waals surface area (Å²) in [5, 5.41) is 11.4. The van der Waals surface area contributed by atoms with Gasteiger partial charge in [-0.15, -0.1) is 13.2 Å². The summed E-state index contributed by atoms with van der Waals surface area (Å²) in [4.78, 5) is 31.2. The summed E-state index contributed by atoms with van der Waals surface area (Å²) >= 11 is 0. The normalized spacial score (nSPS) is 12.1. The van der Waals surface area contributed by atoms with Gasteiger partial charge in [0.15, 0.2) is 0 Å². The number of amides is 1. The predicted molar refractivity (Wildman–Crippen MR) is 97.8 cm³/mol. The Morgan fingerprint density at radius 1 is 1.03 bits per heavy atom. The number of alkyl halides is 3. The number of hydrogen-bond acceptors (Lipinski definition) is 5. The summed E-state index contributed by atoms with van der Waals surface area (Å²) < 4.78 is 55.3. The Bertz CT molecular complexity index is 1090. The molecule has 2 aromatic heterocycles. The van der Waals surface area contributed by atoms with Crippen molar-refractivity contribution >= 4 is 11.9 Å². The number of carboxylic acid groups (broad SMARTS) is 1. The van der Waals surface area contributed by atoms with Crippen LogP contribution in [0.15, 0.2) is 60.9 Å². The number of ether oxygens (including phenoxy) is 1. The number of benzene rings is 1. The van der Waals surface area contributed by atoms with Crippen LogP contribution in [0.2, 0.25) is 0 Å². The Kier molecular flexibility index (Phi) is 6.14. The molecule has 0 aliphatic heterocycles. The largest absolute Gasteiger partial charge is 0.573 e. The Morgan fingerprint density at radius 3 is 2.29 bits per heavy atom. The van der Waals surface area contributed by atoms with Gasteiger partial charge in [-0.1, -0.05) is 12.1 Å². The van der Waals surface area contributed by atoms with Gasteiger partial charge in [0.1, 0.15) is 23.0 Å². The maximum atomic E-state index is 14.4. The average molecular weight is 435 g/mol. The van der Waals surface area contributed by atoms with Crippen molar-refractivity contribution in [3.8, 4) is 5.75 Å². The number of hydrogen-bond donors (Lipinski definition) is 2. The van der Waals surface area contributed by atoms with Crippen molar-refractivity contribution in [1.82, 2.24) is 15.3 Å². The van der Waals surface area contributed by atoms with E-state index in [9.17, 15) is 27.2 Å². The molecule has 3 rings (SSSR count). The van der Waals surface area contributed by atoms with E-state index in [1.807, 2.05) is 0 Å². The fourth-order valence-corrected chi connectivity index (χ4v) is 2.64. The molecule has 7 nitrogen and oxygen atoms in total. The molecule has 0 unspecified atom stereocenters. The van der Waals surface area contributed by atoms with Crippen LogP contribution in [-0.4, -0.2) is 33.3 Å². The highest BCUT2D eigenvalue weighted by Crippen LogP contribution is 2.27. The van der Waals surface area contributed by atoms with Gasteiger partial charge >= 0.3 is 12.3 Å². The minimum Gasteiger partial charge on any atom is -0.478 e. The number of pyridine rings is 2. The smallest absolute Gasteiger partial charge is 0.478 e. The van der Waals surface area contributed by atoms with Crippen LogP contribution in [-0.2, 0) is 0 Å². The minimum absolute atomic E-state index is 0.135. The number of aromatic nitrogens is 2. The second kappa shape index (κ2) is 8.78. The molecule has 0 radical (unpaired) electrons. The van der Waals surface area contributed by atoms with Gasteiger partial charge in [-0.2, -0.15) is 0 Å². The standard InChI is InChI=1S/C20H13F4N3O4/c21-14-2-1-9-25-17(14)16(11-3-6-13(7-4-11)31-20(22,23)24)27-18(28)15-8-5-12(10-26-15)19(29)30/h1-10,16H,(H,27,28)(H,29,30)/t16-/m0/s1. The second-order valence-electron chi connectivity index (χ2n) is 6.13. The summed E-state index contributed by atoms with van der Waals surface area (Å²) in [5.41, 5.74) is -0.238. The van der Waals surface area contributed by atoms with E-state index in [2.05, 4.69) is 20.0 Å².